The number of hydrogen-bond acceptors (Lipinski definition) is 5. The Morgan fingerprint density at radius 2 is 1.77 bits per heavy atom. The van der Waals surface area contributed by atoms with E-state index in [0.717, 1.165) is 12.8 Å². The van der Waals surface area contributed by atoms with Gasteiger partial charge in [0.15, 0.2) is 0 Å². The zero-order chi connectivity index (χ0) is 16.4. The fraction of sp³-hybridized carbons (Fsp3) is 0.529. The fourth-order valence-electron chi connectivity index (χ4n) is 1.87. The Morgan fingerprint density at radius 1 is 1.09 bits per heavy atom. The van der Waals surface area contributed by atoms with E-state index < -0.39 is 6.16 Å². The average Bonchev–Trinajstić information content (AvgIpc) is 2.48. The molecule has 0 amide bonds. The highest BCUT2D eigenvalue weighted by atomic mass is 16.7. The highest BCUT2D eigenvalue weighted by Crippen LogP contribution is 2.09. The molecular weight excluding hydrogens is 284 g/mol. The first-order valence-corrected chi connectivity index (χ1v) is 7.66. The minimum Gasteiger partial charge on any atom is -0.462 e. The highest BCUT2D eigenvalue weighted by molar-refractivity contribution is 5.89. The highest BCUT2D eigenvalue weighted by Gasteiger charge is 2.12. The van der Waals surface area contributed by atoms with Gasteiger partial charge in [-0.25, -0.2) is 9.59 Å². The number of ether oxygens (including phenoxy) is 3. The maximum absolute atomic E-state index is 11.9. The largest absolute Gasteiger partial charge is 0.508 e. The second-order valence-corrected chi connectivity index (χ2v) is 4.98. The van der Waals surface area contributed by atoms with E-state index in [9.17, 15) is 9.59 Å². The van der Waals surface area contributed by atoms with Gasteiger partial charge in [0.25, 0.3) is 0 Å². The molecule has 0 fully saturated rings. The number of carbonyl (C=O) groups excluding carboxylic acids is 2. The Morgan fingerprint density at radius 3 is 2.36 bits per heavy atom. The van der Waals surface area contributed by atoms with Gasteiger partial charge in [-0.05, 0) is 38.0 Å². The summed E-state index contributed by atoms with van der Waals surface area (Å²) in [5.74, 6) is -0.369. The molecule has 0 saturated heterocycles. The van der Waals surface area contributed by atoms with Crippen LogP contribution in [-0.4, -0.2) is 31.4 Å². The smallest absolute Gasteiger partial charge is 0.462 e. The normalized spacial score (nSPS) is 11.6. The van der Waals surface area contributed by atoms with Gasteiger partial charge in [0, 0.05) is 6.42 Å². The first-order chi connectivity index (χ1) is 10.6. The molecule has 1 unspecified atom stereocenters. The topological polar surface area (TPSA) is 61.8 Å². The number of hydrogen-bond donors (Lipinski definition) is 0. The quantitative estimate of drug-likeness (QED) is 0.684. The molecule has 0 aliphatic carbocycles. The van der Waals surface area contributed by atoms with Gasteiger partial charge in [-0.3, -0.25) is 0 Å². The summed E-state index contributed by atoms with van der Waals surface area (Å²) in [5, 5.41) is 0. The van der Waals surface area contributed by atoms with Crippen LogP contribution in [0.2, 0.25) is 0 Å². The van der Waals surface area contributed by atoms with E-state index in [1.54, 1.807) is 26.0 Å². The van der Waals surface area contributed by atoms with Crippen molar-refractivity contribution in [3.63, 3.8) is 0 Å². The van der Waals surface area contributed by atoms with Crippen molar-refractivity contribution < 1.29 is 23.8 Å². The first kappa shape index (κ1) is 18.0. The van der Waals surface area contributed by atoms with E-state index in [1.807, 2.05) is 12.1 Å². The van der Waals surface area contributed by atoms with Crippen molar-refractivity contribution in [3.05, 3.63) is 35.4 Å². The molecule has 0 heterocycles. The van der Waals surface area contributed by atoms with Crippen LogP contribution in [0.25, 0.3) is 0 Å². The van der Waals surface area contributed by atoms with Crippen LogP contribution in [0.4, 0.5) is 4.79 Å². The zero-order valence-electron chi connectivity index (χ0n) is 13.5. The lowest BCUT2D eigenvalue weighted by atomic mass is 10.1. The van der Waals surface area contributed by atoms with E-state index in [0.29, 0.717) is 12.0 Å². The molecule has 0 aromatic heterocycles. The number of rotatable bonds is 8. The molecule has 0 spiro atoms. The monoisotopic (exact) mass is 308 g/mol. The molecule has 0 N–H and O–H groups in total. The van der Waals surface area contributed by atoms with Crippen LogP contribution in [0.5, 0.6) is 0 Å². The van der Waals surface area contributed by atoms with Crippen molar-refractivity contribution in [2.24, 2.45) is 0 Å². The van der Waals surface area contributed by atoms with E-state index in [4.69, 9.17) is 9.47 Å². The molecule has 0 bridgehead atoms. The van der Waals surface area contributed by atoms with Crippen LogP contribution in [0.15, 0.2) is 24.3 Å². The summed E-state index contributed by atoms with van der Waals surface area (Å²) in [6.07, 6.45) is 1.44. The van der Waals surface area contributed by atoms with Gasteiger partial charge in [-0.1, -0.05) is 25.5 Å². The molecule has 0 aliphatic rings. The zero-order valence-corrected chi connectivity index (χ0v) is 13.5. The van der Waals surface area contributed by atoms with Crippen LogP contribution in [0.1, 0.15) is 49.5 Å². The molecule has 22 heavy (non-hydrogen) atoms. The molecule has 0 aliphatic heterocycles. The number of benzene rings is 1. The van der Waals surface area contributed by atoms with E-state index in [-0.39, 0.29) is 25.3 Å². The van der Waals surface area contributed by atoms with Crippen molar-refractivity contribution in [2.45, 2.75) is 46.1 Å². The Hall–Kier alpha value is -2.04. The lowest BCUT2D eigenvalue weighted by Crippen LogP contribution is -2.18. The first-order valence-electron chi connectivity index (χ1n) is 7.66. The summed E-state index contributed by atoms with van der Waals surface area (Å²) < 4.78 is 14.8. The molecule has 1 aromatic rings. The van der Waals surface area contributed by atoms with E-state index in [2.05, 4.69) is 11.7 Å². The minimum atomic E-state index is -0.701. The number of aryl methyl sites for hydroxylation is 1. The van der Waals surface area contributed by atoms with Crippen LogP contribution in [0.3, 0.4) is 0 Å². The average molecular weight is 308 g/mol. The molecule has 0 radical (unpaired) electrons. The van der Waals surface area contributed by atoms with Crippen LogP contribution in [-0.2, 0) is 20.6 Å². The van der Waals surface area contributed by atoms with Crippen molar-refractivity contribution in [1.29, 1.82) is 0 Å². The maximum Gasteiger partial charge on any atom is 0.508 e. The number of carbonyl (C=O) groups is 2. The van der Waals surface area contributed by atoms with Crippen molar-refractivity contribution in [3.8, 4) is 0 Å². The molecule has 122 valence electrons. The van der Waals surface area contributed by atoms with Crippen molar-refractivity contribution in [2.75, 3.05) is 13.2 Å². The summed E-state index contributed by atoms with van der Waals surface area (Å²) >= 11 is 0. The second kappa shape index (κ2) is 9.82. The molecule has 1 rings (SSSR count). The van der Waals surface area contributed by atoms with Gasteiger partial charge >= 0.3 is 12.1 Å². The summed E-state index contributed by atoms with van der Waals surface area (Å²) in [5.41, 5.74) is 1.73. The molecule has 0 saturated carbocycles. The third-order valence-electron chi connectivity index (χ3n) is 3.05. The van der Waals surface area contributed by atoms with Gasteiger partial charge in [0.05, 0.1) is 18.8 Å². The van der Waals surface area contributed by atoms with Crippen LogP contribution in [0, 0.1) is 0 Å². The Labute approximate surface area is 131 Å². The minimum absolute atomic E-state index is 0.191. The molecule has 5 nitrogen and oxygen atoms in total. The predicted octanol–water partition coefficient (Wildman–Crippen LogP) is 3.75. The van der Waals surface area contributed by atoms with Crippen LogP contribution < -0.4 is 0 Å². The Bertz CT molecular complexity index is 466. The van der Waals surface area contributed by atoms with Crippen molar-refractivity contribution >= 4 is 12.1 Å². The van der Waals surface area contributed by atoms with Gasteiger partial charge in [0.2, 0.25) is 0 Å². The van der Waals surface area contributed by atoms with E-state index >= 15 is 0 Å². The standard InChI is InChI=1S/C17H24O5/c1-4-6-14-7-9-15(10-8-14)16(18)21-12-11-13(3)22-17(19)20-5-2/h7-10,13H,4-6,11-12H2,1-3H3. The maximum atomic E-state index is 11.9. The predicted molar refractivity (Wildman–Crippen MR) is 82.9 cm³/mol. The van der Waals surface area contributed by atoms with Gasteiger partial charge in [-0.2, -0.15) is 0 Å². The molecule has 1 atom stereocenters. The van der Waals surface area contributed by atoms with Gasteiger partial charge < -0.3 is 14.2 Å². The van der Waals surface area contributed by atoms with Gasteiger partial charge in [0.1, 0.15) is 6.10 Å². The summed E-state index contributed by atoms with van der Waals surface area (Å²) in [6.45, 7) is 6.01. The number of esters is 1. The molecular formula is C17H24O5. The van der Waals surface area contributed by atoms with E-state index in [1.165, 1.54) is 5.56 Å². The fourth-order valence-corrected chi connectivity index (χ4v) is 1.87. The third-order valence-corrected chi connectivity index (χ3v) is 3.05. The summed E-state index contributed by atoms with van der Waals surface area (Å²) in [4.78, 5) is 23.0. The SMILES string of the molecule is CCCc1ccc(C(=O)OCCC(C)OC(=O)OCC)cc1. The van der Waals surface area contributed by atoms with Crippen molar-refractivity contribution in [1.82, 2.24) is 0 Å². The summed E-state index contributed by atoms with van der Waals surface area (Å²) in [6, 6.07) is 7.41. The third kappa shape index (κ3) is 6.61. The Balaban J connectivity index is 2.32. The van der Waals surface area contributed by atoms with Gasteiger partial charge in [-0.15, -0.1) is 0 Å². The van der Waals surface area contributed by atoms with Crippen LogP contribution >= 0.6 is 0 Å². The molecule has 5 heteroatoms. The lowest BCUT2D eigenvalue weighted by molar-refractivity contribution is 0.0178. The second-order valence-electron chi connectivity index (χ2n) is 4.98. The molecule has 1 aromatic carbocycles. The Kier molecular flexibility index (Phi) is 8.04. The summed E-state index contributed by atoms with van der Waals surface area (Å²) in [7, 11) is 0. The lowest BCUT2D eigenvalue weighted by Gasteiger charge is -2.12.